The van der Waals surface area contributed by atoms with Gasteiger partial charge in [0.2, 0.25) is 0 Å². The predicted molar refractivity (Wildman–Crippen MR) is 76.7 cm³/mol. The second-order valence-electron chi connectivity index (χ2n) is 3.63. The van der Waals surface area contributed by atoms with E-state index >= 15 is 0 Å². The summed E-state index contributed by atoms with van der Waals surface area (Å²) in [5.74, 6) is 0.692. The van der Waals surface area contributed by atoms with E-state index in [-0.39, 0.29) is 11.0 Å². The molecule has 0 radical (unpaired) electrons. The van der Waals surface area contributed by atoms with Gasteiger partial charge in [0.1, 0.15) is 21.5 Å². The summed E-state index contributed by atoms with van der Waals surface area (Å²) >= 11 is 6.45. The van der Waals surface area contributed by atoms with Gasteiger partial charge in [0, 0.05) is 11.6 Å². The monoisotopic (exact) mass is 279 g/mol. The first-order chi connectivity index (χ1) is 8.70. The maximum Gasteiger partial charge on any atom is 0.145 e. The molecule has 3 N–H and O–H groups in total. The molecule has 1 atom stereocenters. The average molecular weight is 279 g/mol. The van der Waals surface area contributed by atoms with Crippen LogP contribution in [0.25, 0.3) is 0 Å². The molecular weight excluding hydrogens is 266 g/mol. The van der Waals surface area contributed by atoms with E-state index in [0.29, 0.717) is 11.5 Å². The summed E-state index contributed by atoms with van der Waals surface area (Å²) in [7, 11) is 0. The van der Waals surface area contributed by atoms with Gasteiger partial charge in [-0.05, 0) is 6.42 Å². The lowest BCUT2D eigenvalue weighted by Gasteiger charge is -2.14. The number of nitrogens with zero attached hydrogens (tertiary/aromatic N) is 3. The molecule has 0 aliphatic heterocycles. The Morgan fingerprint density at radius 2 is 2.28 bits per heavy atom. The molecular formula is C11H13N5S2. The van der Waals surface area contributed by atoms with Gasteiger partial charge >= 0.3 is 0 Å². The van der Waals surface area contributed by atoms with Crippen molar-refractivity contribution in [2.45, 2.75) is 19.4 Å². The van der Waals surface area contributed by atoms with Gasteiger partial charge in [-0.1, -0.05) is 19.1 Å². The number of nitrogens with one attached hydrogen (secondary N) is 1. The molecule has 0 fully saturated rings. The summed E-state index contributed by atoms with van der Waals surface area (Å²) in [6.07, 6.45) is 5.92. The van der Waals surface area contributed by atoms with Crippen LogP contribution in [0, 0.1) is 0 Å². The molecule has 2 aromatic heterocycles. The molecule has 2 heterocycles. The van der Waals surface area contributed by atoms with E-state index in [1.165, 1.54) is 0 Å². The van der Waals surface area contributed by atoms with Gasteiger partial charge in [-0.15, -0.1) is 11.3 Å². The zero-order valence-electron chi connectivity index (χ0n) is 9.83. The first-order valence-electron chi connectivity index (χ1n) is 5.48. The Bertz CT molecular complexity index is 509. The standard InChI is InChI=1S/C11H13N5S2/c1-2-7(11-13-3-4-18-11)16-9-6-14-8(5-15-9)10(12)17/h3-7H,2H2,1H3,(H2,12,17)(H,15,16). The number of hydrogen-bond acceptors (Lipinski definition) is 6. The molecule has 0 aliphatic rings. The van der Waals surface area contributed by atoms with E-state index < -0.39 is 0 Å². The van der Waals surface area contributed by atoms with Crippen molar-refractivity contribution in [3.05, 3.63) is 34.7 Å². The maximum absolute atomic E-state index is 5.47. The van der Waals surface area contributed by atoms with Gasteiger partial charge in [0.05, 0.1) is 18.4 Å². The van der Waals surface area contributed by atoms with Gasteiger partial charge in [-0.25, -0.2) is 15.0 Å². The van der Waals surface area contributed by atoms with Crippen LogP contribution in [0.2, 0.25) is 0 Å². The molecule has 7 heteroatoms. The SMILES string of the molecule is CCC(Nc1cnc(C(N)=S)cn1)c1nccs1. The molecule has 0 bridgehead atoms. The van der Waals surface area contributed by atoms with Crippen molar-refractivity contribution in [2.24, 2.45) is 5.73 Å². The lowest BCUT2D eigenvalue weighted by Crippen LogP contribution is -2.14. The predicted octanol–water partition coefficient (Wildman–Crippen LogP) is 2.13. The zero-order valence-corrected chi connectivity index (χ0v) is 11.5. The van der Waals surface area contributed by atoms with Gasteiger partial charge in [0.15, 0.2) is 0 Å². The third-order valence-corrected chi connectivity index (χ3v) is 3.48. The Labute approximate surface area is 114 Å². The number of nitrogens with two attached hydrogens (primary N) is 1. The molecule has 18 heavy (non-hydrogen) atoms. The summed E-state index contributed by atoms with van der Waals surface area (Å²) in [5, 5.41) is 6.29. The molecule has 94 valence electrons. The summed E-state index contributed by atoms with van der Waals surface area (Å²) in [5.41, 5.74) is 5.99. The Hall–Kier alpha value is -1.60. The van der Waals surface area contributed by atoms with Crippen molar-refractivity contribution in [1.29, 1.82) is 0 Å². The quantitative estimate of drug-likeness (QED) is 0.817. The van der Waals surface area contributed by atoms with Crippen LogP contribution in [0.3, 0.4) is 0 Å². The molecule has 5 nitrogen and oxygen atoms in total. The van der Waals surface area contributed by atoms with Crippen molar-refractivity contribution in [3.63, 3.8) is 0 Å². The highest BCUT2D eigenvalue weighted by atomic mass is 32.1. The summed E-state index contributed by atoms with van der Waals surface area (Å²) in [6.45, 7) is 2.09. The van der Waals surface area contributed by atoms with Crippen molar-refractivity contribution < 1.29 is 0 Å². The van der Waals surface area contributed by atoms with Crippen LogP contribution in [0.5, 0.6) is 0 Å². The lowest BCUT2D eigenvalue weighted by molar-refractivity contribution is 0.736. The van der Waals surface area contributed by atoms with Crippen LogP contribution < -0.4 is 11.1 Å². The number of anilines is 1. The summed E-state index contributed by atoms with van der Waals surface area (Å²) in [4.78, 5) is 12.9. The molecule has 0 saturated heterocycles. The zero-order chi connectivity index (χ0) is 13.0. The third-order valence-electron chi connectivity index (χ3n) is 2.38. The number of thiocarbonyl (C=S) groups is 1. The fourth-order valence-corrected chi connectivity index (χ4v) is 2.33. The minimum absolute atomic E-state index is 0.148. The fraction of sp³-hybridized carbons (Fsp3) is 0.273. The Balaban J connectivity index is 2.10. The lowest BCUT2D eigenvalue weighted by atomic mass is 10.2. The topological polar surface area (TPSA) is 76.7 Å². The molecule has 0 aromatic carbocycles. The smallest absolute Gasteiger partial charge is 0.145 e. The molecule has 2 aromatic rings. The highest BCUT2D eigenvalue weighted by molar-refractivity contribution is 7.80. The molecule has 2 rings (SSSR count). The maximum atomic E-state index is 5.47. The van der Waals surface area contributed by atoms with Crippen LogP contribution in [0.1, 0.15) is 30.1 Å². The van der Waals surface area contributed by atoms with Crippen LogP contribution in [-0.4, -0.2) is 19.9 Å². The summed E-state index contributed by atoms with van der Waals surface area (Å²) in [6, 6.07) is 0.148. The molecule has 1 unspecified atom stereocenters. The second-order valence-corrected chi connectivity index (χ2v) is 4.99. The number of rotatable bonds is 5. The van der Waals surface area contributed by atoms with Gasteiger partial charge in [-0.2, -0.15) is 0 Å². The first kappa shape index (κ1) is 12.8. The van der Waals surface area contributed by atoms with Crippen molar-refractivity contribution in [2.75, 3.05) is 5.32 Å². The van der Waals surface area contributed by atoms with Crippen LogP contribution >= 0.6 is 23.6 Å². The number of aromatic nitrogens is 3. The Kier molecular flexibility index (Phi) is 4.16. The minimum Gasteiger partial charge on any atom is -0.388 e. The van der Waals surface area contributed by atoms with E-state index in [0.717, 1.165) is 11.4 Å². The van der Waals surface area contributed by atoms with E-state index in [2.05, 4.69) is 27.2 Å². The second kappa shape index (κ2) is 5.83. The Morgan fingerprint density at radius 3 is 2.78 bits per heavy atom. The highest BCUT2D eigenvalue weighted by Crippen LogP contribution is 2.22. The third kappa shape index (κ3) is 2.99. The van der Waals surface area contributed by atoms with Crippen LogP contribution in [-0.2, 0) is 0 Å². The van der Waals surface area contributed by atoms with Crippen molar-refractivity contribution >= 4 is 34.4 Å². The van der Waals surface area contributed by atoms with Crippen molar-refractivity contribution in [3.8, 4) is 0 Å². The molecule has 0 amide bonds. The highest BCUT2D eigenvalue weighted by Gasteiger charge is 2.12. The number of thiazole rings is 1. The minimum atomic E-state index is 0.148. The molecule has 0 saturated carbocycles. The van der Waals surface area contributed by atoms with Crippen LogP contribution in [0.4, 0.5) is 5.82 Å². The fourth-order valence-electron chi connectivity index (χ4n) is 1.45. The number of hydrogen-bond donors (Lipinski definition) is 2. The average Bonchev–Trinajstić information content (AvgIpc) is 2.90. The van der Waals surface area contributed by atoms with Crippen LogP contribution in [0.15, 0.2) is 24.0 Å². The van der Waals surface area contributed by atoms with E-state index in [1.54, 1.807) is 29.9 Å². The normalized spacial score (nSPS) is 12.1. The van der Waals surface area contributed by atoms with E-state index in [1.807, 2.05) is 5.38 Å². The van der Waals surface area contributed by atoms with E-state index in [4.69, 9.17) is 18.0 Å². The largest absolute Gasteiger partial charge is 0.388 e. The first-order valence-corrected chi connectivity index (χ1v) is 6.77. The Morgan fingerprint density at radius 1 is 1.44 bits per heavy atom. The van der Waals surface area contributed by atoms with Gasteiger partial charge in [0.25, 0.3) is 0 Å². The molecule has 0 spiro atoms. The van der Waals surface area contributed by atoms with E-state index in [9.17, 15) is 0 Å². The summed E-state index contributed by atoms with van der Waals surface area (Å²) < 4.78 is 0. The molecule has 0 aliphatic carbocycles. The van der Waals surface area contributed by atoms with Gasteiger partial charge in [-0.3, -0.25) is 0 Å². The van der Waals surface area contributed by atoms with Crippen molar-refractivity contribution in [1.82, 2.24) is 15.0 Å². The van der Waals surface area contributed by atoms with Gasteiger partial charge < -0.3 is 11.1 Å².